The van der Waals surface area contributed by atoms with Crippen molar-refractivity contribution in [3.8, 4) is 5.75 Å². The van der Waals surface area contributed by atoms with Gasteiger partial charge in [0.25, 0.3) is 5.91 Å². The second-order valence-electron chi connectivity index (χ2n) is 4.11. The normalized spacial score (nSPS) is 9.71. The van der Waals surface area contributed by atoms with Crippen molar-refractivity contribution in [2.45, 2.75) is 0 Å². The Hall–Kier alpha value is -3.08. The number of aromatic carboxylic acids is 1. The molecule has 0 radical (unpaired) electrons. The molecule has 0 spiro atoms. The standard InChI is InChI=1S/C16H13NO4/c1-2-21-12-9-7-11(8-10-12)17-15(18)13-5-3-4-6-14(13)16(19)20/h2-10H,1H2,(H,17,18)(H,19,20). The first kappa shape index (κ1) is 14.3. The molecule has 0 aliphatic carbocycles. The SMILES string of the molecule is C=COc1ccc(NC(=O)c2ccccc2C(=O)O)cc1. The molecule has 5 heteroatoms. The van der Waals surface area contributed by atoms with E-state index in [-0.39, 0.29) is 11.1 Å². The van der Waals surface area contributed by atoms with Crippen molar-refractivity contribution < 1.29 is 19.4 Å². The van der Waals surface area contributed by atoms with Crippen molar-refractivity contribution >= 4 is 17.6 Å². The third-order valence-corrected chi connectivity index (χ3v) is 2.73. The number of benzene rings is 2. The molecular formula is C16H13NO4. The highest BCUT2D eigenvalue weighted by atomic mass is 16.5. The Bertz CT molecular complexity index is 677. The molecular weight excluding hydrogens is 270 g/mol. The summed E-state index contributed by atoms with van der Waals surface area (Å²) in [5.74, 6) is -1.03. The van der Waals surface area contributed by atoms with Crippen LogP contribution < -0.4 is 10.1 Å². The van der Waals surface area contributed by atoms with Crippen LogP contribution in [-0.2, 0) is 0 Å². The molecule has 0 aliphatic heterocycles. The predicted octanol–water partition coefficient (Wildman–Crippen LogP) is 3.16. The molecule has 0 bridgehead atoms. The summed E-state index contributed by atoms with van der Waals surface area (Å²) in [6, 6.07) is 12.7. The Morgan fingerprint density at radius 1 is 1.05 bits per heavy atom. The molecule has 1 amide bonds. The fraction of sp³-hybridized carbons (Fsp3) is 0. The van der Waals surface area contributed by atoms with Crippen molar-refractivity contribution in [2.24, 2.45) is 0 Å². The first-order chi connectivity index (χ1) is 10.1. The summed E-state index contributed by atoms with van der Waals surface area (Å²) < 4.78 is 5.07. The molecule has 2 aromatic carbocycles. The average Bonchev–Trinajstić information content (AvgIpc) is 2.49. The fourth-order valence-corrected chi connectivity index (χ4v) is 1.78. The van der Waals surface area contributed by atoms with Crippen LogP contribution in [-0.4, -0.2) is 17.0 Å². The maximum Gasteiger partial charge on any atom is 0.336 e. The van der Waals surface area contributed by atoms with E-state index in [0.717, 1.165) is 0 Å². The highest BCUT2D eigenvalue weighted by Gasteiger charge is 2.15. The lowest BCUT2D eigenvalue weighted by Crippen LogP contribution is -2.16. The predicted molar refractivity (Wildman–Crippen MR) is 78.6 cm³/mol. The molecule has 0 heterocycles. The van der Waals surface area contributed by atoms with Crippen LogP contribution in [0, 0.1) is 0 Å². The van der Waals surface area contributed by atoms with E-state index in [9.17, 15) is 9.59 Å². The molecule has 21 heavy (non-hydrogen) atoms. The topological polar surface area (TPSA) is 75.6 Å². The molecule has 0 aromatic heterocycles. The number of ether oxygens (including phenoxy) is 1. The quantitative estimate of drug-likeness (QED) is 0.826. The number of hydrogen-bond donors (Lipinski definition) is 2. The van der Waals surface area contributed by atoms with E-state index in [1.54, 1.807) is 36.4 Å². The van der Waals surface area contributed by atoms with Gasteiger partial charge in [-0.05, 0) is 36.4 Å². The second-order valence-corrected chi connectivity index (χ2v) is 4.11. The lowest BCUT2D eigenvalue weighted by atomic mass is 10.1. The summed E-state index contributed by atoms with van der Waals surface area (Å²) in [7, 11) is 0. The largest absolute Gasteiger partial charge is 0.478 e. The van der Waals surface area contributed by atoms with Crippen molar-refractivity contribution in [3.05, 3.63) is 72.5 Å². The zero-order chi connectivity index (χ0) is 15.2. The number of rotatable bonds is 5. The van der Waals surface area contributed by atoms with Crippen LogP contribution >= 0.6 is 0 Å². The van der Waals surface area contributed by atoms with E-state index in [0.29, 0.717) is 11.4 Å². The molecule has 2 N–H and O–H groups in total. The zero-order valence-electron chi connectivity index (χ0n) is 11.1. The van der Waals surface area contributed by atoms with E-state index in [4.69, 9.17) is 9.84 Å². The minimum Gasteiger partial charge on any atom is -0.478 e. The van der Waals surface area contributed by atoms with E-state index in [1.807, 2.05) is 0 Å². The number of nitrogens with one attached hydrogen (secondary N) is 1. The highest BCUT2D eigenvalue weighted by Crippen LogP contribution is 2.17. The number of carbonyl (C=O) groups is 2. The summed E-state index contributed by atoms with van der Waals surface area (Å²) >= 11 is 0. The van der Waals surface area contributed by atoms with Crippen LogP contribution in [0.5, 0.6) is 5.75 Å². The Balaban J connectivity index is 2.18. The number of carboxylic acids is 1. The van der Waals surface area contributed by atoms with Gasteiger partial charge in [0.1, 0.15) is 5.75 Å². The number of carboxylic acid groups (broad SMARTS) is 1. The molecule has 0 unspecified atom stereocenters. The maximum atomic E-state index is 12.1. The third kappa shape index (κ3) is 3.48. The summed E-state index contributed by atoms with van der Waals surface area (Å²) in [6.45, 7) is 3.45. The van der Waals surface area contributed by atoms with Gasteiger partial charge in [0.2, 0.25) is 0 Å². The number of amides is 1. The molecule has 0 fully saturated rings. The van der Waals surface area contributed by atoms with E-state index < -0.39 is 11.9 Å². The fourth-order valence-electron chi connectivity index (χ4n) is 1.78. The van der Waals surface area contributed by atoms with E-state index in [2.05, 4.69) is 11.9 Å². The smallest absolute Gasteiger partial charge is 0.336 e. The number of anilines is 1. The minimum absolute atomic E-state index is 0.0402. The highest BCUT2D eigenvalue weighted by molar-refractivity contribution is 6.10. The molecule has 0 atom stereocenters. The average molecular weight is 283 g/mol. The van der Waals surface area contributed by atoms with Crippen LogP contribution in [0.2, 0.25) is 0 Å². The lowest BCUT2D eigenvalue weighted by molar-refractivity contribution is 0.0692. The van der Waals surface area contributed by atoms with Crippen LogP contribution in [0.25, 0.3) is 0 Å². The number of carbonyl (C=O) groups excluding carboxylic acids is 1. The van der Waals surface area contributed by atoms with E-state index in [1.165, 1.54) is 18.4 Å². The van der Waals surface area contributed by atoms with Crippen molar-refractivity contribution in [1.82, 2.24) is 0 Å². The first-order valence-electron chi connectivity index (χ1n) is 6.13. The van der Waals surface area contributed by atoms with Gasteiger partial charge in [-0.3, -0.25) is 4.79 Å². The first-order valence-corrected chi connectivity index (χ1v) is 6.13. The van der Waals surface area contributed by atoms with Crippen molar-refractivity contribution in [3.63, 3.8) is 0 Å². The molecule has 0 saturated carbocycles. The minimum atomic E-state index is -1.14. The summed E-state index contributed by atoms with van der Waals surface area (Å²) in [6.07, 6.45) is 1.30. The van der Waals surface area contributed by atoms with Gasteiger partial charge in [0.15, 0.2) is 0 Å². The molecule has 2 aromatic rings. The molecule has 106 valence electrons. The lowest BCUT2D eigenvalue weighted by Gasteiger charge is -2.08. The van der Waals surface area contributed by atoms with Gasteiger partial charge in [-0.1, -0.05) is 18.7 Å². The van der Waals surface area contributed by atoms with Crippen molar-refractivity contribution in [1.29, 1.82) is 0 Å². The molecule has 0 aliphatic rings. The Morgan fingerprint density at radius 2 is 1.67 bits per heavy atom. The van der Waals surface area contributed by atoms with Crippen LogP contribution in [0.15, 0.2) is 61.4 Å². The molecule has 0 saturated heterocycles. The van der Waals surface area contributed by atoms with Gasteiger partial charge in [-0.25, -0.2) is 4.79 Å². The van der Waals surface area contributed by atoms with Gasteiger partial charge < -0.3 is 15.2 Å². The van der Waals surface area contributed by atoms with Gasteiger partial charge in [0.05, 0.1) is 17.4 Å². The van der Waals surface area contributed by atoms with Crippen LogP contribution in [0.3, 0.4) is 0 Å². The monoisotopic (exact) mass is 283 g/mol. The molecule has 5 nitrogen and oxygen atoms in total. The third-order valence-electron chi connectivity index (χ3n) is 2.73. The van der Waals surface area contributed by atoms with Crippen molar-refractivity contribution in [2.75, 3.05) is 5.32 Å². The summed E-state index contributed by atoms with van der Waals surface area (Å²) in [5, 5.41) is 11.7. The Kier molecular flexibility index (Phi) is 4.36. The molecule has 2 rings (SSSR count). The van der Waals surface area contributed by atoms with Crippen LogP contribution in [0.4, 0.5) is 5.69 Å². The van der Waals surface area contributed by atoms with Gasteiger partial charge in [0, 0.05) is 5.69 Å². The Labute approximate surface area is 121 Å². The summed E-state index contributed by atoms with van der Waals surface area (Å²) in [4.78, 5) is 23.2. The Morgan fingerprint density at radius 3 is 2.24 bits per heavy atom. The van der Waals surface area contributed by atoms with Gasteiger partial charge >= 0.3 is 5.97 Å². The number of hydrogen-bond acceptors (Lipinski definition) is 3. The van der Waals surface area contributed by atoms with Gasteiger partial charge in [-0.2, -0.15) is 0 Å². The van der Waals surface area contributed by atoms with E-state index >= 15 is 0 Å². The second kappa shape index (κ2) is 6.38. The van der Waals surface area contributed by atoms with Crippen LogP contribution in [0.1, 0.15) is 20.7 Å². The maximum absolute atomic E-state index is 12.1. The summed E-state index contributed by atoms with van der Waals surface area (Å²) in [5.41, 5.74) is 0.606. The zero-order valence-corrected chi connectivity index (χ0v) is 11.1. The van der Waals surface area contributed by atoms with Gasteiger partial charge in [-0.15, -0.1) is 0 Å².